The van der Waals surface area contributed by atoms with Gasteiger partial charge < -0.3 is 24.8 Å². The Labute approximate surface area is 203 Å². The van der Waals surface area contributed by atoms with Crippen LogP contribution in [-0.4, -0.2) is 94.3 Å². The quantitative estimate of drug-likeness (QED) is 0.498. The number of rotatable bonds is 9. The van der Waals surface area contributed by atoms with Gasteiger partial charge in [0.25, 0.3) is 0 Å². The maximum Gasteiger partial charge on any atom is 0.490 e. The number of methoxy groups -OCH3 is 2. The van der Waals surface area contributed by atoms with E-state index < -0.39 is 22.2 Å². The van der Waals surface area contributed by atoms with Gasteiger partial charge in [0.1, 0.15) is 16.4 Å². The van der Waals surface area contributed by atoms with Gasteiger partial charge >= 0.3 is 12.1 Å². The Balaban J connectivity index is 0.000000762. The third kappa shape index (κ3) is 9.53. The number of hydrogen-bond donors (Lipinski definition) is 2. The molecule has 1 aromatic carbocycles. The summed E-state index contributed by atoms with van der Waals surface area (Å²) in [6.45, 7) is 7.18. The third-order valence-corrected chi connectivity index (χ3v) is 6.73. The van der Waals surface area contributed by atoms with Gasteiger partial charge in [-0.1, -0.05) is 13.8 Å². The number of benzene rings is 1. The molecule has 35 heavy (non-hydrogen) atoms. The lowest BCUT2D eigenvalue weighted by atomic mass is 10.2. The molecule has 2 N–H and O–H groups in total. The lowest BCUT2D eigenvalue weighted by molar-refractivity contribution is -0.192. The van der Waals surface area contributed by atoms with Crippen LogP contribution in [0, 0.1) is 5.92 Å². The molecule has 0 spiro atoms. The molecule has 0 aliphatic carbocycles. The Morgan fingerprint density at radius 1 is 1.17 bits per heavy atom. The van der Waals surface area contributed by atoms with E-state index in [4.69, 9.17) is 19.4 Å². The number of amides is 1. The summed E-state index contributed by atoms with van der Waals surface area (Å²) in [4.78, 5) is 23.2. The summed E-state index contributed by atoms with van der Waals surface area (Å²) in [7, 11) is -0.938. The number of carbonyl (C=O) groups excluding carboxylic acids is 1. The fourth-order valence-electron chi connectivity index (χ4n) is 3.13. The highest BCUT2D eigenvalue weighted by atomic mass is 32.2. The van der Waals surface area contributed by atoms with Crippen LogP contribution >= 0.6 is 0 Å². The molecule has 2 rings (SSSR count). The smallest absolute Gasteiger partial charge is 0.490 e. The van der Waals surface area contributed by atoms with Crippen LogP contribution in [0.25, 0.3) is 0 Å². The van der Waals surface area contributed by atoms with E-state index in [1.165, 1.54) is 24.6 Å². The second-order valence-corrected chi connectivity index (χ2v) is 9.86. The molecule has 1 aliphatic heterocycles. The molecule has 0 saturated carbocycles. The second-order valence-electron chi connectivity index (χ2n) is 7.96. The fraction of sp³-hybridized carbons (Fsp3) is 0.619. The molecule has 0 bridgehead atoms. The second kappa shape index (κ2) is 13.5. The lowest BCUT2D eigenvalue weighted by Crippen LogP contribution is -2.47. The number of hydrogen-bond acceptors (Lipinski definition) is 7. The number of carboxylic acids is 1. The van der Waals surface area contributed by atoms with Crippen molar-refractivity contribution in [3.05, 3.63) is 18.2 Å². The van der Waals surface area contributed by atoms with Crippen molar-refractivity contribution in [2.24, 2.45) is 5.92 Å². The minimum absolute atomic E-state index is 0.0249. The van der Waals surface area contributed by atoms with E-state index in [0.29, 0.717) is 25.4 Å². The summed E-state index contributed by atoms with van der Waals surface area (Å²) in [6.07, 6.45) is -4.93. The molecule has 1 amide bonds. The highest BCUT2D eigenvalue weighted by molar-refractivity contribution is 7.89. The molecule has 200 valence electrons. The van der Waals surface area contributed by atoms with Crippen molar-refractivity contribution in [3.8, 4) is 11.5 Å². The number of alkyl halides is 3. The molecular formula is C21H32F3N3O7S. The van der Waals surface area contributed by atoms with Crippen LogP contribution in [0.2, 0.25) is 0 Å². The molecule has 0 atom stereocenters. The first-order valence-electron chi connectivity index (χ1n) is 10.7. The van der Waals surface area contributed by atoms with Crippen LogP contribution in [-0.2, 0) is 19.6 Å². The highest BCUT2D eigenvalue weighted by Crippen LogP contribution is 2.31. The summed E-state index contributed by atoms with van der Waals surface area (Å²) in [5, 5.41) is 10.3. The van der Waals surface area contributed by atoms with Gasteiger partial charge in [0.05, 0.1) is 14.2 Å². The maximum atomic E-state index is 13.4. The van der Waals surface area contributed by atoms with Crippen molar-refractivity contribution in [3.63, 3.8) is 0 Å². The van der Waals surface area contributed by atoms with Crippen LogP contribution in [0.15, 0.2) is 23.1 Å². The Morgan fingerprint density at radius 3 is 2.20 bits per heavy atom. The summed E-state index contributed by atoms with van der Waals surface area (Å²) >= 11 is 0. The predicted octanol–water partition coefficient (Wildman–Crippen LogP) is 1.81. The summed E-state index contributed by atoms with van der Waals surface area (Å²) in [5.41, 5.74) is 0. The summed E-state index contributed by atoms with van der Waals surface area (Å²) in [6, 6.07) is 4.68. The van der Waals surface area contributed by atoms with Gasteiger partial charge in [0.15, 0.2) is 0 Å². The number of aliphatic carboxylic acids is 1. The number of halogens is 3. The molecule has 1 saturated heterocycles. The molecule has 1 fully saturated rings. The number of piperazine rings is 1. The zero-order valence-electron chi connectivity index (χ0n) is 20.1. The van der Waals surface area contributed by atoms with Gasteiger partial charge in [-0.2, -0.15) is 17.5 Å². The van der Waals surface area contributed by atoms with Crippen molar-refractivity contribution < 1.29 is 45.8 Å². The molecule has 1 heterocycles. The Kier molecular flexibility index (Phi) is 11.7. The highest BCUT2D eigenvalue weighted by Gasteiger charge is 2.38. The van der Waals surface area contributed by atoms with Gasteiger partial charge in [0.2, 0.25) is 15.9 Å². The van der Waals surface area contributed by atoms with Crippen molar-refractivity contribution in [1.29, 1.82) is 0 Å². The van der Waals surface area contributed by atoms with E-state index in [-0.39, 0.29) is 35.4 Å². The topological polar surface area (TPSA) is 125 Å². The van der Waals surface area contributed by atoms with Crippen LogP contribution < -0.4 is 14.8 Å². The van der Waals surface area contributed by atoms with Crippen LogP contribution in [0.3, 0.4) is 0 Å². The van der Waals surface area contributed by atoms with Crippen LogP contribution in [0.4, 0.5) is 13.2 Å². The average molecular weight is 528 g/mol. The summed E-state index contributed by atoms with van der Waals surface area (Å²) < 4.78 is 70.3. The van der Waals surface area contributed by atoms with E-state index >= 15 is 0 Å². The average Bonchev–Trinajstić information content (AvgIpc) is 2.81. The van der Waals surface area contributed by atoms with E-state index in [2.05, 4.69) is 5.32 Å². The largest absolute Gasteiger partial charge is 0.497 e. The molecule has 14 heteroatoms. The van der Waals surface area contributed by atoms with Crippen molar-refractivity contribution >= 4 is 21.9 Å². The first-order valence-corrected chi connectivity index (χ1v) is 12.2. The number of sulfonamides is 1. The van der Waals surface area contributed by atoms with E-state index in [9.17, 15) is 26.4 Å². The van der Waals surface area contributed by atoms with Crippen molar-refractivity contribution in [2.45, 2.75) is 31.3 Å². The monoisotopic (exact) mass is 527 g/mol. The van der Waals surface area contributed by atoms with Crippen molar-refractivity contribution in [2.75, 3.05) is 53.5 Å². The summed E-state index contributed by atoms with van der Waals surface area (Å²) in [5.74, 6) is -1.99. The molecule has 1 aromatic rings. The molecule has 10 nitrogen and oxygen atoms in total. The predicted molar refractivity (Wildman–Crippen MR) is 121 cm³/mol. The number of ether oxygens (including phenoxy) is 2. The van der Waals surface area contributed by atoms with Gasteiger partial charge in [-0.05, 0) is 18.1 Å². The third-order valence-electron chi connectivity index (χ3n) is 4.84. The van der Waals surface area contributed by atoms with E-state index in [1.54, 1.807) is 17.0 Å². The molecule has 0 aromatic heterocycles. The molecule has 1 aliphatic rings. The zero-order valence-corrected chi connectivity index (χ0v) is 20.9. The normalized spacial score (nSPS) is 14.4. The minimum atomic E-state index is -5.08. The zero-order chi connectivity index (χ0) is 26.8. The fourth-order valence-corrected chi connectivity index (χ4v) is 4.91. The Morgan fingerprint density at radius 2 is 1.74 bits per heavy atom. The molecular weight excluding hydrogens is 495 g/mol. The number of carboxylic acid groups (broad SMARTS) is 1. The first kappa shape index (κ1) is 30.5. The van der Waals surface area contributed by atoms with Crippen molar-refractivity contribution in [1.82, 2.24) is 14.5 Å². The van der Waals surface area contributed by atoms with E-state index in [0.717, 1.165) is 13.1 Å². The SMILES string of the molecule is COc1ccc(OC)c(S(=O)(=O)N(CCC(=O)N2CCNCC2)CC(C)C)c1.O=C(O)C(F)(F)F. The van der Waals surface area contributed by atoms with Crippen LogP contribution in [0.1, 0.15) is 20.3 Å². The maximum absolute atomic E-state index is 13.4. The number of carbonyl (C=O) groups is 2. The Bertz CT molecular complexity index is 950. The number of nitrogens with zero attached hydrogens (tertiary/aromatic N) is 2. The lowest BCUT2D eigenvalue weighted by Gasteiger charge is -2.29. The van der Waals surface area contributed by atoms with Gasteiger partial charge in [-0.25, -0.2) is 13.2 Å². The Hall–Kier alpha value is -2.58. The molecule has 0 unspecified atom stereocenters. The standard InChI is InChI=1S/C19H31N3O5S.C2HF3O2/c1-15(2)14-22(10-7-19(23)21-11-8-20-9-12-21)28(24,25)18-13-16(26-3)5-6-17(18)27-4;3-2(4,5)1(6)7/h5-6,13,15,20H,7-12,14H2,1-4H3;(H,6,7). The van der Waals surface area contributed by atoms with Crippen LogP contribution in [0.5, 0.6) is 11.5 Å². The molecule has 0 radical (unpaired) electrons. The first-order chi connectivity index (χ1) is 16.2. The minimum Gasteiger partial charge on any atom is -0.497 e. The number of nitrogens with one attached hydrogen (secondary N) is 1. The van der Waals surface area contributed by atoms with Gasteiger partial charge in [-0.3, -0.25) is 4.79 Å². The van der Waals surface area contributed by atoms with Gasteiger partial charge in [0, 0.05) is 51.8 Å². The van der Waals surface area contributed by atoms with E-state index in [1.807, 2.05) is 13.8 Å². The van der Waals surface area contributed by atoms with Gasteiger partial charge in [-0.15, -0.1) is 0 Å².